The van der Waals surface area contributed by atoms with Crippen LogP contribution in [0.4, 0.5) is 22.0 Å². The largest absolute Gasteiger partial charge is 0.478 e. The molecule has 1 aliphatic rings. The van der Waals surface area contributed by atoms with Crippen LogP contribution >= 0.6 is 11.6 Å². The van der Waals surface area contributed by atoms with Gasteiger partial charge in [0.15, 0.2) is 11.3 Å². The van der Waals surface area contributed by atoms with Gasteiger partial charge in [-0.05, 0) is 31.2 Å². The fraction of sp³-hybridized carbons (Fsp3) is 0.500. The molecule has 142 valence electrons. The minimum absolute atomic E-state index is 0.0885. The number of rotatable bonds is 3. The lowest BCUT2D eigenvalue weighted by molar-refractivity contribution is -0.141. The molecule has 1 aliphatic carbocycles. The van der Waals surface area contributed by atoms with E-state index in [1.807, 2.05) is 0 Å². The Morgan fingerprint density at radius 3 is 2.50 bits per heavy atom. The minimum atomic E-state index is -4.77. The van der Waals surface area contributed by atoms with E-state index in [2.05, 4.69) is 4.98 Å². The van der Waals surface area contributed by atoms with Gasteiger partial charge in [-0.2, -0.15) is 13.2 Å². The number of alkyl halides is 5. The van der Waals surface area contributed by atoms with Gasteiger partial charge in [0.1, 0.15) is 0 Å². The summed E-state index contributed by atoms with van der Waals surface area (Å²) in [6.45, 7) is 0. The third-order valence-corrected chi connectivity index (χ3v) is 5.02. The van der Waals surface area contributed by atoms with Crippen molar-refractivity contribution in [3.63, 3.8) is 0 Å². The Kier molecular flexibility index (Phi) is 4.62. The van der Waals surface area contributed by atoms with Crippen molar-refractivity contribution in [3.05, 3.63) is 34.2 Å². The van der Waals surface area contributed by atoms with Crippen molar-refractivity contribution in [2.24, 2.45) is 5.92 Å². The van der Waals surface area contributed by atoms with Crippen molar-refractivity contribution < 1.29 is 31.9 Å². The van der Waals surface area contributed by atoms with E-state index in [4.69, 9.17) is 16.7 Å². The summed E-state index contributed by atoms with van der Waals surface area (Å²) in [5, 5.41) is 8.66. The molecule has 4 nitrogen and oxygen atoms in total. The molecule has 2 aromatic heterocycles. The molecular formula is C16H14ClF5N2O2. The Bertz CT molecular complexity index is 852. The number of hydrogen-bond donors (Lipinski definition) is 1. The van der Waals surface area contributed by atoms with Crippen LogP contribution in [0.2, 0.25) is 5.02 Å². The van der Waals surface area contributed by atoms with Crippen molar-refractivity contribution in [2.45, 2.75) is 44.2 Å². The summed E-state index contributed by atoms with van der Waals surface area (Å²) in [4.78, 5) is 14.6. The van der Waals surface area contributed by atoms with Crippen molar-refractivity contribution in [1.82, 2.24) is 9.38 Å². The fourth-order valence-corrected chi connectivity index (χ4v) is 3.57. The molecule has 0 amide bonds. The number of halogens is 6. The second-order valence-electron chi connectivity index (χ2n) is 6.45. The number of imidazole rings is 1. The highest BCUT2D eigenvalue weighted by Gasteiger charge is 2.40. The molecule has 2 heterocycles. The zero-order valence-electron chi connectivity index (χ0n) is 13.3. The van der Waals surface area contributed by atoms with Crippen LogP contribution in [0, 0.1) is 5.92 Å². The molecule has 0 aromatic carbocycles. The van der Waals surface area contributed by atoms with Gasteiger partial charge in [0.05, 0.1) is 16.3 Å². The number of carbonyl (C=O) groups is 1. The average molecular weight is 397 g/mol. The highest BCUT2D eigenvalue weighted by Crippen LogP contribution is 2.40. The Morgan fingerprint density at radius 2 is 1.96 bits per heavy atom. The van der Waals surface area contributed by atoms with Gasteiger partial charge in [-0.25, -0.2) is 18.6 Å². The topological polar surface area (TPSA) is 54.6 Å². The van der Waals surface area contributed by atoms with Gasteiger partial charge in [-0.15, -0.1) is 0 Å². The maximum absolute atomic E-state index is 13.4. The van der Waals surface area contributed by atoms with Crippen molar-refractivity contribution in [3.8, 4) is 0 Å². The Hall–Kier alpha value is -1.90. The first-order valence-corrected chi connectivity index (χ1v) is 8.25. The summed E-state index contributed by atoms with van der Waals surface area (Å²) < 4.78 is 67.9. The molecule has 0 aliphatic heterocycles. The molecule has 10 heteroatoms. The third-order valence-electron chi connectivity index (χ3n) is 4.65. The molecule has 1 fully saturated rings. The predicted octanol–water partition coefficient (Wildman–Crippen LogP) is 5.07. The lowest BCUT2D eigenvalue weighted by atomic mass is 9.83. The molecule has 0 unspecified atom stereocenters. The molecule has 1 N–H and O–H groups in total. The van der Waals surface area contributed by atoms with Crippen molar-refractivity contribution in [1.29, 1.82) is 0 Å². The van der Waals surface area contributed by atoms with Crippen LogP contribution in [0.15, 0.2) is 12.3 Å². The lowest BCUT2D eigenvalue weighted by Gasteiger charge is -2.28. The van der Waals surface area contributed by atoms with Crippen LogP contribution in [0.1, 0.15) is 47.4 Å². The quantitative estimate of drug-likeness (QED) is 0.737. The maximum Gasteiger partial charge on any atom is 0.435 e. The number of carboxylic acids is 1. The van der Waals surface area contributed by atoms with E-state index in [0.717, 1.165) is 10.5 Å². The minimum Gasteiger partial charge on any atom is -0.478 e. The summed E-state index contributed by atoms with van der Waals surface area (Å²) in [7, 11) is 0. The first kappa shape index (κ1) is 18.9. The zero-order chi connectivity index (χ0) is 19.3. The van der Waals surface area contributed by atoms with Crippen LogP contribution in [0.3, 0.4) is 0 Å². The molecule has 3 rings (SSSR count). The second kappa shape index (κ2) is 6.37. The molecule has 0 saturated heterocycles. The first-order chi connectivity index (χ1) is 12.0. The predicted molar refractivity (Wildman–Crippen MR) is 82.8 cm³/mol. The van der Waals surface area contributed by atoms with Gasteiger partial charge >= 0.3 is 12.1 Å². The van der Waals surface area contributed by atoms with E-state index in [1.54, 1.807) is 0 Å². The van der Waals surface area contributed by atoms with Gasteiger partial charge in [-0.1, -0.05) is 11.6 Å². The first-order valence-electron chi connectivity index (χ1n) is 7.87. The van der Waals surface area contributed by atoms with E-state index >= 15 is 0 Å². The van der Waals surface area contributed by atoms with Crippen LogP contribution in [0.5, 0.6) is 0 Å². The van der Waals surface area contributed by atoms with Gasteiger partial charge < -0.3 is 9.51 Å². The van der Waals surface area contributed by atoms with Crippen LogP contribution in [-0.2, 0) is 12.6 Å². The maximum atomic E-state index is 13.4. The molecule has 2 aromatic rings. The summed E-state index contributed by atoms with van der Waals surface area (Å²) >= 11 is 5.92. The zero-order valence-corrected chi connectivity index (χ0v) is 14.0. The smallest absolute Gasteiger partial charge is 0.435 e. The monoisotopic (exact) mass is 396 g/mol. The molecule has 0 radical (unpaired) electrons. The van der Waals surface area contributed by atoms with E-state index in [-0.39, 0.29) is 54.9 Å². The van der Waals surface area contributed by atoms with E-state index in [9.17, 15) is 26.7 Å². The van der Waals surface area contributed by atoms with Crippen molar-refractivity contribution >= 4 is 23.2 Å². The van der Waals surface area contributed by atoms with Crippen LogP contribution < -0.4 is 0 Å². The molecular weight excluding hydrogens is 383 g/mol. The number of pyridine rings is 1. The molecule has 1 saturated carbocycles. The Labute approximate surface area is 149 Å². The summed E-state index contributed by atoms with van der Waals surface area (Å²) in [5.41, 5.74) is -2.03. The number of aromatic carboxylic acids is 1. The third kappa shape index (κ3) is 3.49. The van der Waals surface area contributed by atoms with Crippen LogP contribution in [-0.4, -0.2) is 26.4 Å². The van der Waals surface area contributed by atoms with Gasteiger partial charge in [0.2, 0.25) is 5.92 Å². The SMILES string of the molecule is O=C(O)c1ccn2c(CC3CCC(F)(F)CC3)c(C(F)(F)F)nc2c1Cl. The summed E-state index contributed by atoms with van der Waals surface area (Å²) in [6, 6.07) is 1.10. The van der Waals surface area contributed by atoms with Crippen molar-refractivity contribution in [2.75, 3.05) is 0 Å². The second-order valence-corrected chi connectivity index (χ2v) is 6.83. The highest BCUT2D eigenvalue weighted by molar-refractivity contribution is 6.36. The number of nitrogens with zero attached hydrogens (tertiary/aromatic N) is 2. The molecule has 0 atom stereocenters. The van der Waals surface area contributed by atoms with E-state index in [1.165, 1.54) is 6.20 Å². The highest BCUT2D eigenvalue weighted by atomic mass is 35.5. The Balaban J connectivity index is 2.05. The average Bonchev–Trinajstić information content (AvgIpc) is 2.89. The number of carboxylic acid groups (broad SMARTS) is 1. The normalized spacial score (nSPS) is 18.4. The summed E-state index contributed by atoms with van der Waals surface area (Å²) in [5.74, 6) is -4.50. The number of hydrogen-bond acceptors (Lipinski definition) is 2. The lowest BCUT2D eigenvalue weighted by Crippen LogP contribution is -2.26. The Morgan fingerprint density at radius 1 is 1.35 bits per heavy atom. The molecule has 0 bridgehead atoms. The molecule has 26 heavy (non-hydrogen) atoms. The molecule has 0 spiro atoms. The van der Waals surface area contributed by atoms with E-state index < -0.39 is 28.8 Å². The standard InChI is InChI=1S/C16H14ClF5N2O2/c17-11-9(14(25)26)3-6-24-10(12(16(20,21)22)23-13(11)24)7-8-1-4-15(18,19)5-2-8/h3,6,8H,1-2,4-5,7H2,(H,25,26). The van der Waals surface area contributed by atoms with Gasteiger partial charge in [0, 0.05) is 19.0 Å². The number of fused-ring (bicyclic) bond motifs is 1. The number of aromatic nitrogens is 2. The fourth-order valence-electron chi connectivity index (χ4n) is 3.29. The summed E-state index contributed by atoms with van der Waals surface area (Å²) in [6.07, 6.45) is -4.20. The van der Waals surface area contributed by atoms with Gasteiger partial charge in [0.25, 0.3) is 0 Å². The van der Waals surface area contributed by atoms with E-state index in [0.29, 0.717) is 0 Å². The van der Waals surface area contributed by atoms with Gasteiger partial charge in [-0.3, -0.25) is 0 Å². The van der Waals surface area contributed by atoms with Crippen LogP contribution in [0.25, 0.3) is 5.65 Å².